The summed E-state index contributed by atoms with van der Waals surface area (Å²) in [5.74, 6) is 1.80. The molecule has 0 aliphatic rings. The number of para-hydroxylation sites is 1. The summed E-state index contributed by atoms with van der Waals surface area (Å²) in [5.41, 5.74) is 8.67. The van der Waals surface area contributed by atoms with E-state index in [0.29, 0.717) is 17.5 Å². The second kappa shape index (κ2) is 12.0. The van der Waals surface area contributed by atoms with E-state index in [4.69, 9.17) is 24.4 Å². The van der Waals surface area contributed by atoms with Crippen LogP contribution in [0.3, 0.4) is 0 Å². The maximum Gasteiger partial charge on any atom is 0.164 e. The summed E-state index contributed by atoms with van der Waals surface area (Å²) in [6.07, 6.45) is 0. The first-order valence-corrected chi connectivity index (χ1v) is 19.0. The molecule has 7 aromatic carbocycles. The van der Waals surface area contributed by atoms with Gasteiger partial charge in [0.1, 0.15) is 16.2 Å². The minimum atomic E-state index is 0.584. The summed E-state index contributed by atoms with van der Waals surface area (Å²) in [5, 5.41) is 5.49. The fourth-order valence-electron chi connectivity index (χ4n) is 7.33. The van der Waals surface area contributed by atoms with Crippen molar-refractivity contribution in [3.05, 3.63) is 158 Å². The molecule has 53 heavy (non-hydrogen) atoms. The second-order valence-electron chi connectivity index (χ2n) is 13.0. The maximum atomic E-state index is 6.49. The molecule has 0 radical (unpaired) electrons. The van der Waals surface area contributed by atoms with Gasteiger partial charge in [-0.3, -0.25) is 0 Å². The van der Waals surface area contributed by atoms with Crippen LogP contribution in [0.15, 0.2) is 162 Å². The van der Waals surface area contributed by atoms with E-state index in [9.17, 15) is 0 Å². The number of thiophene rings is 1. The lowest BCUT2D eigenvalue weighted by atomic mass is 10.0. The molecule has 0 saturated carbocycles. The summed E-state index contributed by atoms with van der Waals surface area (Å²) in [6, 6.07) is 54.4. The predicted molar refractivity (Wildman–Crippen MR) is 220 cm³/mol. The van der Waals surface area contributed by atoms with Crippen molar-refractivity contribution in [3.8, 4) is 55.9 Å². The molecule has 248 valence electrons. The zero-order valence-electron chi connectivity index (χ0n) is 28.0. The first-order valence-electron chi connectivity index (χ1n) is 17.4. The van der Waals surface area contributed by atoms with E-state index in [2.05, 4.69) is 97.1 Å². The van der Waals surface area contributed by atoms with E-state index >= 15 is 0 Å². The smallest absolute Gasteiger partial charge is 0.164 e. The Kier molecular flexibility index (Phi) is 6.83. The van der Waals surface area contributed by atoms with Crippen LogP contribution in [-0.4, -0.2) is 19.9 Å². The largest absolute Gasteiger partial charge is 0.456 e. The molecule has 0 unspecified atom stereocenters. The van der Waals surface area contributed by atoms with Gasteiger partial charge in [-0.1, -0.05) is 127 Å². The number of hydrogen-bond acceptors (Lipinski definition) is 7. The van der Waals surface area contributed by atoms with E-state index in [-0.39, 0.29) is 0 Å². The lowest BCUT2D eigenvalue weighted by molar-refractivity contribution is 0.669. The van der Waals surface area contributed by atoms with Crippen molar-refractivity contribution < 1.29 is 4.42 Å². The summed E-state index contributed by atoms with van der Waals surface area (Å²) in [6.45, 7) is 0. The van der Waals surface area contributed by atoms with Gasteiger partial charge in [0.05, 0.1) is 10.2 Å². The van der Waals surface area contributed by atoms with Crippen LogP contribution < -0.4 is 0 Å². The lowest BCUT2D eigenvalue weighted by Crippen LogP contribution is -2.00. The first kappa shape index (κ1) is 30.1. The minimum absolute atomic E-state index is 0.584. The number of aromatic nitrogens is 4. The quantitative estimate of drug-likeness (QED) is 0.178. The molecule has 0 bridgehead atoms. The standard InChI is InChI=1S/C46H26N4OS2/c1-2-11-28(12-3-1)43-48-44(29-25-23-27(24-26-29)30-14-8-15-32-31-13-4-6-21-38(31)52-42(30)32)50-45(49-43)33-16-9-19-36-40(33)41-34(17-10-20-37(41)51-36)46-47-35-18-5-7-22-39(35)53-46/h1-26H. The number of furan rings is 1. The molecule has 0 aliphatic heterocycles. The number of hydrogen-bond donors (Lipinski definition) is 0. The molecule has 0 saturated heterocycles. The fourth-order valence-corrected chi connectivity index (χ4v) is 9.57. The molecular weight excluding hydrogens is 689 g/mol. The van der Waals surface area contributed by atoms with Crippen molar-refractivity contribution in [1.82, 2.24) is 19.9 Å². The van der Waals surface area contributed by atoms with Gasteiger partial charge in [0.15, 0.2) is 17.5 Å². The molecule has 0 atom stereocenters. The predicted octanol–water partition coefficient (Wildman–Crippen LogP) is 13.1. The highest BCUT2D eigenvalue weighted by atomic mass is 32.1. The summed E-state index contributed by atoms with van der Waals surface area (Å²) >= 11 is 3.53. The van der Waals surface area contributed by atoms with Crippen LogP contribution in [0.5, 0.6) is 0 Å². The van der Waals surface area contributed by atoms with Gasteiger partial charge in [-0.25, -0.2) is 19.9 Å². The molecule has 5 nitrogen and oxygen atoms in total. The lowest BCUT2D eigenvalue weighted by Gasteiger charge is -2.10. The fraction of sp³-hybridized carbons (Fsp3) is 0. The highest BCUT2D eigenvalue weighted by Crippen LogP contribution is 2.44. The number of benzene rings is 7. The van der Waals surface area contributed by atoms with Crippen LogP contribution in [-0.2, 0) is 0 Å². The van der Waals surface area contributed by atoms with Gasteiger partial charge in [0, 0.05) is 53.2 Å². The summed E-state index contributed by atoms with van der Waals surface area (Å²) in [4.78, 5) is 20.4. The number of nitrogens with zero attached hydrogens (tertiary/aromatic N) is 4. The molecule has 11 rings (SSSR count). The highest BCUT2D eigenvalue weighted by molar-refractivity contribution is 7.26. The third-order valence-electron chi connectivity index (χ3n) is 9.81. The Morgan fingerprint density at radius 1 is 0.377 bits per heavy atom. The molecule has 7 heteroatoms. The highest BCUT2D eigenvalue weighted by Gasteiger charge is 2.21. The Balaban J connectivity index is 1.09. The van der Waals surface area contributed by atoms with Crippen LogP contribution in [0.1, 0.15) is 0 Å². The molecule has 4 heterocycles. The Labute approximate surface area is 311 Å². The van der Waals surface area contributed by atoms with E-state index < -0.39 is 0 Å². The first-order chi connectivity index (χ1) is 26.2. The number of thiazole rings is 1. The summed E-state index contributed by atoms with van der Waals surface area (Å²) < 4.78 is 10.2. The molecular formula is C46H26N4OS2. The van der Waals surface area contributed by atoms with E-state index in [0.717, 1.165) is 65.0 Å². The van der Waals surface area contributed by atoms with Gasteiger partial charge in [0.25, 0.3) is 0 Å². The number of rotatable bonds is 5. The number of fused-ring (bicyclic) bond motifs is 7. The van der Waals surface area contributed by atoms with Crippen molar-refractivity contribution in [2.24, 2.45) is 0 Å². The monoisotopic (exact) mass is 714 g/mol. The van der Waals surface area contributed by atoms with Gasteiger partial charge in [-0.05, 0) is 41.5 Å². The third kappa shape index (κ3) is 4.97. The van der Waals surface area contributed by atoms with Crippen molar-refractivity contribution in [2.45, 2.75) is 0 Å². The molecule has 0 amide bonds. The Morgan fingerprint density at radius 2 is 0.962 bits per heavy atom. The van der Waals surface area contributed by atoms with Crippen LogP contribution in [0.4, 0.5) is 0 Å². The normalized spacial score (nSPS) is 11.8. The Morgan fingerprint density at radius 3 is 1.75 bits per heavy atom. The molecule has 0 fully saturated rings. The van der Waals surface area contributed by atoms with E-state index in [1.54, 1.807) is 11.3 Å². The molecule has 0 spiro atoms. The third-order valence-corrected chi connectivity index (χ3v) is 12.1. The minimum Gasteiger partial charge on any atom is -0.456 e. The molecule has 0 aliphatic carbocycles. The average Bonchev–Trinajstić information content (AvgIpc) is 3.94. The van der Waals surface area contributed by atoms with Gasteiger partial charge >= 0.3 is 0 Å². The second-order valence-corrected chi connectivity index (χ2v) is 15.1. The average molecular weight is 715 g/mol. The van der Waals surface area contributed by atoms with Crippen molar-refractivity contribution in [2.75, 3.05) is 0 Å². The summed E-state index contributed by atoms with van der Waals surface area (Å²) in [7, 11) is 0. The Bertz CT molecular complexity index is 3150. The van der Waals surface area contributed by atoms with E-state index in [1.807, 2.05) is 72.0 Å². The van der Waals surface area contributed by atoms with Crippen LogP contribution >= 0.6 is 22.7 Å². The Hall–Kier alpha value is -6.54. The van der Waals surface area contributed by atoms with Gasteiger partial charge < -0.3 is 4.42 Å². The zero-order valence-corrected chi connectivity index (χ0v) is 29.7. The van der Waals surface area contributed by atoms with Crippen LogP contribution in [0, 0.1) is 0 Å². The van der Waals surface area contributed by atoms with Crippen molar-refractivity contribution in [1.29, 1.82) is 0 Å². The maximum absolute atomic E-state index is 6.49. The topological polar surface area (TPSA) is 64.7 Å². The SMILES string of the molecule is c1ccc(-c2nc(-c3ccc(-c4cccc5c4sc4ccccc45)cc3)nc(-c3cccc4oc5cccc(-c6nc7ccccc7s6)c5c34)n2)cc1. The van der Waals surface area contributed by atoms with Crippen LogP contribution in [0.25, 0.3) is 108 Å². The molecule has 4 aromatic heterocycles. The molecule has 0 N–H and O–H groups in total. The van der Waals surface area contributed by atoms with Crippen molar-refractivity contribution >= 4 is 75.0 Å². The zero-order chi connectivity index (χ0) is 34.9. The van der Waals surface area contributed by atoms with Gasteiger partial charge in [-0.15, -0.1) is 22.7 Å². The van der Waals surface area contributed by atoms with Gasteiger partial charge in [-0.2, -0.15) is 0 Å². The van der Waals surface area contributed by atoms with Crippen molar-refractivity contribution in [3.63, 3.8) is 0 Å². The van der Waals surface area contributed by atoms with Gasteiger partial charge in [0.2, 0.25) is 0 Å². The van der Waals surface area contributed by atoms with E-state index in [1.165, 1.54) is 25.7 Å². The molecule has 11 aromatic rings. The van der Waals surface area contributed by atoms with Crippen LogP contribution in [0.2, 0.25) is 0 Å².